The van der Waals surface area contributed by atoms with E-state index in [1.807, 2.05) is 91.9 Å². The minimum Gasteiger partial charge on any atom is -0.306 e. The molecule has 0 bridgehead atoms. The van der Waals surface area contributed by atoms with Crippen LogP contribution in [0.1, 0.15) is 27.9 Å². The Balaban J connectivity index is 1.56. The minimum absolute atomic E-state index is 0.213. The fraction of sp³-hybridized carbons (Fsp3) is 0.100. The summed E-state index contributed by atoms with van der Waals surface area (Å²) in [5.74, 6) is 1.03. The van der Waals surface area contributed by atoms with Crippen LogP contribution in [0.5, 0.6) is 0 Å². The number of hydrogen-bond acceptors (Lipinski definition) is 3. The molecule has 3 aromatic carbocycles. The van der Waals surface area contributed by atoms with Gasteiger partial charge in [-0.25, -0.2) is 4.98 Å². The molecule has 5 heteroatoms. The average Bonchev–Trinajstić information content (AvgIpc) is 3.24. The number of amides is 1. The van der Waals surface area contributed by atoms with Gasteiger partial charge in [0.05, 0.1) is 11.2 Å². The van der Waals surface area contributed by atoms with Crippen molar-refractivity contribution in [1.29, 1.82) is 0 Å². The molecule has 0 fully saturated rings. The molecule has 0 aliphatic carbocycles. The summed E-state index contributed by atoms with van der Waals surface area (Å²) >= 11 is 0. The number of anilines is 1. The first-order chi connectivity index (χ1) is 17.0. The molecule has 1 amide bonds. The van der Waals surface area contributed by atoms with Crippen molar-refractivity contribution in [3.8, 4) is 5.82 Å². The number of pyridine rings is 1. The van der Waals surface area contributed by atoms with E-state index in [0.29, 0.717) is 17.2 Å². The van der Waals surface area contributed by atoms with Gasteiger partial charge in [-0.2, -0.15) is 9.78 Å². The SMILES string of the molecule is Cc1cc(NC(=O)/C(=C\c2ccccc2)c2ccccc2)n(-c2cc(C)c3cccc(C)c3n2)n1. The van der Waals surface area contributed by atoms with E-state index in [0.717, 1.165) is 38.9 Å². The number of rotatable bonds is 5. The summed E-state index contributed by atoms with van der Waals surface area (Å²) in [6.45, 7) is 6.02. The van der Waals surface area contributed by atoms with Crippen LogP contribution >= 0.6 is 0 Å². The summed E-state index contributed by atoms with van der Waals surface area (Å²) in [4.78, 5) is 18.5. The Morgan fingerprint density at radius 1 is 0.829 bits per heavy atom. The Morgan fingerprint density at radius 2 is 1.54 bits per heavy atom. The highest BCUT2D eigenvalue weighted by Gasteiger charge is 2.17. The van der Waals surface area contributed by atoms with Crippen LogP contribution in [0.15, 0.2) is 91.0 Å². The van der Waals surface area contributed by atoms with Gasteiger partial charge in [-0.05, 0) is 55.2 Å². The Hall–Kier alpha value is -4.51. The van der Waals surface area contributed by atoms with E-state index in [-0.39, 0.29) is 5.91 Å². The van der Waals surface area contributed by atoms with Crippen LogP contribution in [-0.2, 0) is 4.79 Å². The first-order valence-corrected chi connectivity index (χ1v) is 11.6. The first-order valence-electron chi connectivity index (χ1n) is 11.6. The van der Waals surface area contributed by atoms with Crippen LogP contribution in [0.25, 0.3) is 28.4 Å². The Bertz CT molecular complexity index is 1550. The second kappa shape index (κ2) is 9.39. The second-order valence-corrected chi connectivity index (χ2v) is 8.64. The number of benzene rings is 3. The van der Waals surface area contributed by atoms with Crippen molar-refractivity contribution in [3.63, 3.8) is 0 Å². The third-order valence-electron chi connectivity index (χ3n) is 5.96. The fourth-order valence-corrected chi connectivity index (χ4v) is 4.21. The van der Waals surface area contributed by atoms with E-state index in [2.05, 4.69) is 36.4 Å². The van der Waals surface area contributed by atoms with Crippen molar-refractivity contribution in [2.45, 2.75) is 20.8 Å². The zero-order valence-electron chi connectivity index (χ0n) is 20.0. The molecule has 0 aliphatic rings. The number of carbonyl (C=O) groups is 1. The van der Waals surface area contributed by atoms with Gasteiger partial charge in [0, 0.05) is 17.0 Å². The molecule has 35 heavy (non-hydrogen) atoms. The Morgan fingerprint density at radius 3 is 2.29 bits per heavy atom. The first kappa shape index (κ1) is 22.3. The van der Waals surface area contributed by atoms with Gasteiger partial charge in [-0.1, -0.05) is 78.9 Å². The third-order valence-corrected chi connectivity index (χ3v) is 5.96. The molecule has 2 aromatic heterocycles. The van der Waals surface area contributed by atoms with Crippen molar-refractivity contribution in [1.82, 2.24) is 14.8 Å². The molecule has 0 unspecified atom stereocenters. The number of para-hydroxylation sites is 1. The molecule has 2 heterocycles. The van der Waals surface area contributed by atoms with Crippen LogP contribution in [0.4, 0.5) is 5.82 Å². The summed E-state index contributed by atoms with van der Waals surface area (Å²) in [6.07, 6.45) is 1.90. The number of aryl methyl sites for hydroxylation is 3. The molecule has 0 spiro atoms. The van der Waals surface area contributed by atoms with E-state index < -0.39 is 0 Å². The summed E-state index contributed by atoms with van der Waals surface area (Å²) in [6, 6.07) is 29.6. The summed E-state index contributed by atoms with van der Waals surface area (Å²) in [7, 11) is 0. The minimum atomic E-state index is -0.213. The number of fused-ring (bicyclic) bond motifs is 1. The molecule has 5 rings (SSSR count). The molecule has 0 aliphatic heterocycles. The number of hydrogen-bond donors (Lipinski definition) is 1. The van der Waals surface area contributed by atoms with Gasteiger partial charge < -0.3 is 5.32 Å². The van der Waals surface area contributed by atoms with E-state index in [9.17, 15) is 4.79 Å². The lowest BCUT2D eigenvalue weighted by Gasteiger charge is -2.13. The molecule has 5 nitrogen and oxygen atoms in total. The Kier molecular flexibility index (Phi) is 5.98. The van der Waals surface area contributed by atoms with Crippen LogP contribution < -0.4 is 5.32 Å². The van der Waals surface area contributed by atoms with E-state index in [1.165, 1.54) is 0 Å². The van der Waals surface area contributed by atoms with E-state index in [4.69, 9.17) is 4.98 Å². The number of nitrogens with zero attached hydrogens (tertiary/aromatic N) is 3. The van der Waals surface area contributed by atoms with Gasteiger partial charge >= 0.3 is 0 Å². The standard InChI is InChI=1S/C30H26N4O/c1-20-11-10-16-25-21(2)17-27(31-29(20)25)34-28(18-22(3)33-34)32-30(35)26(24-14-8-5-9-15-24)19-23-12-6-4-7-13-23/h4-19H,1-3H3,(H,32,35)/b26-19-. The lowest BCUT2D eigenvalue weighted by Crippen LogP contribution is -2.17. The van der Waals surface area contributed by atoms with Gasteiger partial charge in [0.25, 0.3) is 5.91 Å². The van der Waals surface area contributed by atoms with Crippen LogP contribution in [-0.4, -0.2) is 20.7 Å². The van der Waals surface area contributed by atoms with Gasteiger partial charge in [0.2, 0.25) is 0 Å². The number of nitrogens with one attached hydrogen (secondary N) is 1. The summed E-state index contributed by atoms with van der Waals surface area (Å²) in [5.41, 5.74) is 6.29. The highest BCUT2D eigenvalue weighted by molar-refractivity contribution is 6.29. The predicted octanol–water partition coefficient (Wildman–Crippen LogP) is 6.53. The van der Waals surface area contributed by atoms with Crippen molar-refractivity contribution in [2.24, 2.45) is 0 Å². The van der Waals surface area contributed by atoms with Gasteiger partial charge in [0.1, 0.15) is 5.82 Å². The Labute approximate surface area is 204 Å². The largest absolute Gasteiger partial charge is 0.306 e. The van der Waals surface area contributed by atoms with E-state index >= 15 is 0 Å². The van der Waals surface area contributed by atoms with Crippen molar-refractivity contribution < 1.29 is 4.79 Å². The number of carbonyl (C=O) groups excluding carboxylic acids is 1. The van der Waals surface area contributed by atoms with Crippen molar-refractivity contribution in [3.05, 3.63) is 119 Å². The molecular weight excluding hydrogens is 432 g/mol. The van der Waals surface area contributed by atoms with Crippen LogP contribution in [0, 0.1) is 20.8 Å². The van der Waals surface area contributed by atoms with Gasteiger partial charge in [-0.15, -0.1) is 0 Å². The quantitative estimate of drug-likeness (QED) is 0.241. The van der Waals surface area contributed by atoms with Crippen molar-refractivity contribution >= 4 is 34.3 Å². The molecule has 1 N–H and O–H groups in total. The van der Waals surface area contributed by atoms with E-state index in [1.54, 1.807) is 4.68 Å². The predicted molar refractivity (Wildman–Crippen MR) is 142 cm³/mol. The zero-order valence-corrected chi connectivity index (χ0v) is 20.0. The topological polar surface area (TPSA) is 59.8 Å². The van der Waals surface area contributed by atoms with Crippen LogP contribution in [0.2, 0.25) is 0 Å². The van der Waals surface area contributed by atoms with Crippen molar-refractivity contribution in [2.75, 3.05) is 5.32 Å². The molecule has 0 saturated carbocycles. The monoisotopic (exact) mass is 458 g/mol. The maximum Gasteiger partial charge on any atom is 0.257 e. The summed E-state index contributed by atoms with van der Waals surface area (Å²) in [5, 5.41) is 8.84. The molecule has 172 valence electrons. The third kappa shape index (κ3) is 4.62. The lowest BCUT2D eigenvalue weighted by atomic mass is 10.0. The van der Waals surface area contributed by atoms with Gasteiger partial charge in [-0.3, -0.25) is 4.79 Å². The van der Waals surface area contributed by atoms with Gasteiger partial charge in [0.15, 0.2) is 5.82 Å². The highest BCUT2D eigenvalue weighted by atomic mass is 16.1. The molecule has 0 atom stereocenters. The number of aromatic nitrogens is 3. The second-order valence-electron chi connectivity index (χ2n) is 8.64. The summed E-state index contributed by atoms with van der Waals surface area (Å²) < 4.78 is 1.71. The normalized spacial score (nSPS) is 11.6. The smallest absolute Gasteiger partial charge is 0.257 e. The molecule has 0 radical (unpaired) electrons. The molecular formula is C30H26N4O. The lowest BCUT2D eigenvalue weighted by molar-refractivity contribution is -0.111. The van der Waals surface area contributed by atoms with Crippen LogP contribution in [0.3, 0.4) is 0 Å². The fourth-order valence-electron chi connectivity index (χ4n) is 4.21. The zero-order chi connectivity index (χ0) is 24.4. The molecule has 0 saturated heterocycles. The maximum absolute atomic E-state index is 13.6. The molecule has 5 aromatic rings. The average molecular weight is 459 g/mol. The maximum atomic E-state index is 13.6. The highest BCUT2D eigenvalue weighted by Crippen LogP contribution is 2.26.